The van der Waals surface area contributed by atoms with Gasteiger partial charge in [0.25, 0.3) is 5.79 Å². The molecule has 0 aromatic rings. The highest BCUT2D eigenvalue weighted by molar-refractivity contribution is 5.88. The van der Waals surface area contributed by atoms with Gasteiger partial charge in [0.1, 0.15) is 18.3 Å². The van der Waals surface area contributed by atoms with Crippen LogP contribution in [0, 0.1) is 23.7 Å². The van der Waals surface area contributed by atoms with Crippen molar-refractivity contribution in [3.8, 4) is 0 Å². The largest absolute Gasteiger partial charge is 0.456 e. The van der Waals surface area contributed by atoms with Gasteiger partial charge in [-0.1, -0.05) is 0 Å². The smallest absolute Gasteiger partial charge is 0.253 e. The Morgan fingerprint density at radius 2 is 2.07 bits per heavy atom. The second-order valence-electron chi connectivity index (χ2n) is 4.97. The summed E-state index contributed by atoms with van der Waals surface area (Å²) in [6.45, 7) is 0. The summed E-state index contributed by atoms with van der Waals surface area (Å²) in [7, 11) is 0. The van der Waals surface area contributed by atoms with Crippen molar-refractivity contribution in [3.63, 3.8) is 0 Å². The number of fused-ring (bicyclic) bond motifs is 4. The van der Waals surface area contributed by atoms with Crippen LogP contribution >= 0.6 is 0 Å². The third kappa shape index (κ3) is 0.596. The molecule has 0 aromatic heterocycles. The lowest BCUT2D eigenvalue weighted by molar-refractivity contribution is -0.261. The third-order valence-electron chi connectivity index (χ3n) is 4.62. The van der Waals surface area contributed by atoms with Crippen LogP contribution < -0.4 is 0 Å². The van der Waals surface area contributed by atoms with E-state index in [-0.39, 0.29) is 5.79 Å². The Hall–Kier alpha value is -0.990. The van der Waals surface area contributed by atoms with Gasteiger partial charge in [-0.25, -0.2) is 0 Å². The van der Waals surface area contributed by atoms with E-state index in [1.807, 2.05) is 0 Å². The Balaban J connectivity index is 1.61. The molecule has 3 fully saturated rings. The van der Waals surface area contributed by atoms with Gasteiger partial charge in [-0.15, -0.1) is 0 Å². The number of ketones is 1. The van der Waals surface area contributed by atoms with Gasteiger partial charge in [-0.3, -0.25) is 4.79 Å². The van der Waals surface area contributed by atoms with Crippen LogP contribution in [0.1, 0.15) is 19.3 Å². The van der Waals surface area contributed by atoms with Crippen LogP contribution in [0.15, 0.2) is 12.5 Å². The normalized spacial score (nSPS) is 50.1. The second kappa shape index (κ2) is 2.00. The number of hydrogen-bond acceptors (Lipinski definition) is 3. The van der Waals surface area contributed by atoms with Gasteiger partial charge in [0.15, 0.2) is 0 Å². The van der Waals surface area contributed by atoms with E-state index in [2.05, 4.69) is 0 Å². The van der Waals surface area contributed by atoms with E-state index in [1.165, 1.54) is 0 Å². The molecule has 1 aliphatic heterocycles. The minimum absolute atomic E-state index is 0.345. The van der Waals surface area contributed by atoms with Crippen molar-refractivity contribution in [1.82, 2.24) is 0 Å². The average Bonchev–Trinajstić information content (AvgIpc) is 2.68. The first-order valence-electron chi connectivity index (χ1n) is 5.33. The fourth-order valence-corrected chi connectivity index (χ4v) is 3.81. The summed E-state index contributed by atoms with van der Waals surface area (Å²) in [6, 6.07) is 0. The highest BCUT2D eigenvalue weighted by atomic mass is 16.7. The van der Waals surface area contributed by atoms with Crippen LogP contribution in [-0.2, 0) is 14.3 Å². The summed E-state index contributed by atoms with van der Waals surface area (Å²) in [6.07, 6.45) is 6.07. The van der Waals surface area contributed by atoms with Gasteiger partial charge in [0.05, 0.1) is 0 Å². The molecule has 1 spiro atoms. The summed E-state index contributed by atoms with van der Waals surface area (Å²) < 4.78 is 11.1. The molecular formula is C11H12O3. The van der Waals surface area contributed by atoms with Gasteiger partial charge < -0.3 is 9.47 Å². The molecule has 4 atom stereocenters. The maximum Gasteiger partial charge on any atom is 0.253 e. The van der Waals surface area contributed by atoms with E-state index in [9.17, 15) is 4.79 Å². The van der Waals surface area contributed by atoms with Crippen molar-refractivity contribution >= 4 is 5.78 Å². The first-order valence-corrected chi connectivity index (χ1v) is 5.33. The molecule has 1 heterocycles. The van der Waals surface area contributed by atoms with E-state index in [0.29, 0.717) is 29.5 Å². The minimum Gasteiger partial charge on any atom is -0.456 e. The third-order valence-corrected chi connectivity index (χ3v) is 4.62. The predicted molar refractivity (Wildman–Crippen MR) is 46.9 cm³/mol. The van der Waals surface area contributed by atoms with Crippen LogP contribution in [0.5, 0.6) is 0 Å². The number of rotatable bonds is 0. The van der Waals surface area contributed by atoms with Crippen molar-refractivity contribution < 1.29 is 14.3 Å². The Bertz CT molecular complexity index is 338. The van der Waals surface area contributed by atoms with Gasteiger partial charge >= 0.3 is 0 Å². The lowest BCUT2D eigenvalue weighted by atomic mass is 9.63. The Morgan fingerprint density at radius 3 is 2.79 bits per heavy atom. The molecule has 0 N–H and O–H groups in total. The molecule has 74 valence electrons. The molecular weight excluding hydrogens is 180 g/mol. The predicted octanol–water partition coefficient (Wildman–Crippen LogP) is 1.45. The van der Waals surface area contributed by atoms with Crippen molar-refractivity contribution in [2.24, 2.45) is 23.7 Å². The highest BCUT2D eigenvalue weighted by Crippen LogP contribution is 2.65. The number of carbonyl (C=O) groups excluding carboxylic acids is 1. The van der Waals surface area contributed by atoms with E-state index in [1.54, 1.807) is 12.5 Å². The van der Waals surface area contributed by atoms with Crippen molar-refractivity contribution in [2.45, 2.75) is 25.0 Å². The van der Waals surface area contributed by atoms with Gasteiger partial charge in [0.2, 0.25) is 0 Å². The van der Waals surface area contributed by atoms with E-state index >= 15 is 0 Å². The zero-order valence-electron chi connectivity index (χ0n) is 7.81. The van der Waals surface area contributed by atoms with Gasteiger partial charge in [0, 0.05) is 24.7 Å². The van der Waals surface area contributed by atoms with Crippen LogP contribution in [0.2, 0.25) is 0 Å². The average molecular weight is 192 g/mol. The molecule has 0 amide bonds. The maximum absolute atomic E-state index is 11.3. The molecule has 14 heavy (non-hydrogen) atoms. The molecule has 3 heteroatoms. The highest BCUT2D eigenvalue weighted by Gasteiger charge is 2.69. The lowest BCUT2D eigenvalue weighted by Gasteiger charge is -2.49. The Kier molecular flexibility index (Phi) is 1.04. The van der Waals surface area contributed by atoms with Crippen LogP contribution in [0.3, 0.4) is 0 Å². The number of hydrogen-bond donors (Lipinski definition) is 0. The monoisotopic (exact) mass is 192 g/mol. The second-order valence-corrected chi connectivity index (χ2v) is 4.97. The van der Waals surface area contributed by atoms with E-state index < -0.39 is 0 Å². The van der Waals surface area contributed by atoms with Gasteiger partial charge in [-0.05, 0) is 18.3 Å². The molecule has 3 aliphatic carbocycles. The molecule has 0 aromatic carbocycles. The number of Topliss-reactive ketones (excluding diaryl/α,β-unsaturated/α-hetero) is 1. The van der Waals surface area contributed by atoms with Crippen LogP contribution in [0.25, 0.3) is 0 Å². The van der Waals surface area contributed by atoms with Crippen LogP contribution in [0.4, 0.5) is 0 Å². The first kappa shape index (κ1) is 7.32. The molecule has 3 nitrogen and oxygen atoms in total. The number of ether oxygens (including phenoxy) is 2. The SMILES string of the molecule is O=C1C[C@H]2[C@@H]3CC4(OC=CO4)[C@@H]3C[C@@H]12. The molecule has 0 radical (unpaired) electrons. The van der Waals surface area contributed by atoms with Crippen molar-refractivity contribution in [1.29, 1.82) is 0 Å². The van der Waals surface area contributed by atoms with Crippen molar-refractivity contribution in [3.05, 3.63) is 12.5 Å². The summed E-state index contributed by atoms with van der Waals surface area (Å²) in [5.74, 6) is 2.27. The lowest BCUT2D eigenvalue weighted by Crippen LogP contribution is -2.54. The quantitative estimate of drug-likeness (QED) is 0.582. The molecule has 0 unspecified atom stereocenters. The maximum atomic E-state index is 11.3. The molecule has 0 saturated heterocycles. The zero-order valence-corrected chi connectivity index (χ0v) is 7.81. The fraction of sp³-hybridized carbons (Fsp3) is 0.727. The standard InChI is InChI=1S/C11H12O3/c12-10-4-6-7(10)3-9-8(6)5-11(9)13-1-2-14-11/h1-2,6-9H,3-5H2/t6-,7-,8+,9-/m1/s1. The van der Waals surface area contributed by atoms with Crippen molar-refractivity contribution in [2.75, 3.05) is 0 Å². The first-order chi connectivity index (χ1) is 6.80. The van der Waals surface area contributed by atoms with E-state index in [4.69, 9.17) is 9.47 Å². The summed E-state index contributed by atoms with van der Waals surface area (Å²) in [5, 5.41) is 0. The fourth-order valence-electron chi connectivity index (χ4n) is 3.81. The minimum atomic E-state index is -0.359. The van der Waals surface area contributed by atoms with E-state index in [0.717, 1.165) is 19.3 Å². The molecule has 3 saturated carbocycles. The summed E-state index contributed by atoms with van der Waals surface area (Å²) in [5.41, 5.74) is 0. The Morgan fingerprint density at radius 1 is 1.29 bits per heavy atom. The zero-order chi connectivity index (χ0) is 9.34. The molecule has 0 bridgehead atoms. The summed E-state index contributed by atoms with van der Waals surface area (Å²) >= 11 is 0. The van der Waals surface area contributed by atoms with Crippen LogP contribution in [-0.4, -0.2) is 11.6 Å². The van der Waals surface area contributed by atoms with Gasteiger partial charge in [-0.2, -0.15) is 0 Å². The molecule has 4 aliphatic rings. The molecule has 4 rings (SSSR count). The summed E-state index contributed by atoms with van der Waals surface area (Å²) in [4.78, 5) is 11.3. The topological polar surface area (TPSA) is 35.5 Å². The Labute approximate surface area is 82.1 Å². The number of carbonyl (C=O) groups is 1.